The number of thiophene rings is 1. The molecule has 0 saturated heterocycles. The average Bonchev–Trinajstić information content (AvgIpc) is 3.35. The number of hydrogen-bond acceptors (Lipinski definition) is 6. The molecule has 1 N–H and O–H groups in total. The van der Waals surface area contributed by atoms with Gasteiger partial charge in [0.2, 0.25) is 5.91 Å². The van der Waals surface area contributed by atoms with E-state index < -0.39 is 17.6 Å². The number of ketones is 1. The van der Waals surface area contributed by atoms with E-state index in [9.17, 15) is 14.9 Å². The molecule has 1 atom stereocenters. The molecule has 2 heterocycles. The minimum absolute atomic E-state index is 0.340. The van der Waals surface area contributed by atoms with Crippen LogP contribution in [-0.2, 0) is 4.79 Å². The predicted molar refractivity (Wildman–Crippen MR) is 119 cm³/mol. The van der Waals surface area contributed by atoms with Gasteiger partial charge in [-0.25, -0.2) is 4.68 Å². The molecule has 0 aliphatic carbocycles. The van der Waals surface area contributed by atoms with Crippen LogP contribution >= 0.6 is 11.3 Å². The van der Waals surface area contributed by atoms with Crippen LogP contribution in [0.25, 0.3) is 15.9 Å². The van der Waals surface area contributed by atoms with E-state index >= 15 is 0 Å². The number of nitrogens with one attached hydrogen (secondary N) is 1. The summed E-state index contributed by atoms with van der Waals surface area (Å²) in [6.45, 7) is 1.86. The average molecular weight is 430 g/mol. The second-order valence-electron chi connectivity index (χ2n) is 6.81. The predicted octanol–water partition coefficient (Wildman–Crippen LogP) is 4.37. The number of rotatable bonds is 6. The zero-order chi connectivity index (χ0) is 22.0. The van der Waals surface area contributed by atoms with E-state index in [4.69, 9.17) is 4.74 Å². The topological polar surface area (TPSA) is 97.0 Å². The highest BCUT2D eigenvalue weighted by Crippen LogP contribution is 2.32. The second-order valence-corrected chi connectivity index (χ2v) is 7.84. The van der Waals surface area contributed by atoms with E-state index in [1.54, 1.807) is 35.0 Å². The fraction of sp³-hybridized carbons (Fsp3) is 0.130. The number of carbonyl (C=O) groups is 2. The third kappa shape index (κ3) is 3.91. The summed E-state index contributed by atoms with van der Waals surface area (Å²) in [4.78, 5) is 26.8. The van der Waals surface area contributed by atoms with E-state index in [2.05, 4.69) is 10.4 Å². The number of aromatic nitrogens is 2. The Kier molecular flexibility index (Phi) is 5.52. The Morgan fingerprint density at radius 2 is 1.94 bits per heavy atom. The lowest BCUT2D eigenvalue weighted by Crippen LogP contribution is -2.28. The standard InChI is InChI=1S/C23H18N4O3S/c1-14-18-12-20(31-23(18)27(26-14)16-8-4-3-5-9-16)21(28)19(13-24)22(29)25-15-7-6-10-17(11-15)30-2/h3-12,19H,1-2H3,(H,25,29). The summed E-state index contributed by atoms with van der Waals surface area (Å²) in [5.41, 5.74) is 2.09. The van der Waals surface area contributed by atoms with Crippen LogP contribution in [0.2, 0.25) is 0 Å². The van der Waals surface area contributed by atoms with Crippen LogP contribution in [0.4, 0.5) is 5.69 Å². The highest BCUT2D eigenvalue weighted by atomic mass is 32.1. The number of amides is 1. The van der Waals surface area contributed by atoms with Gasteiger partial charge < -0.3 is 10.1 Å². The van der Waals surface area contributed by atoms with Gasteiger partial charge in [-0.05, 0) is 37.3 Å². The maximum Gasteiger partial charge on any atom is 0.249 e. The Morgan fingerprint density at radius 1 is 1.16 bits per heavy atom. The zero-order valence-corrected chi connectivity index (χ0v) is 17.6. The van der Waals surface area contributed by atoms with Gasteiger partial charge in [-0.2, -0.15) is 10.4 Å². The first-order valence-electron chi connectivity index (χ1n) is 9.45. The number of fused-ring (bicyclic) bond motifs is 1. The highest BCUT2D eigenvalue weighted by Gasteiger charge is 2.30. The van der Waals surface area contributed by atoms with Crippen molar-refractivity contribution in [2.75, 3.05) is 12.4 Å². The van der Waals surface area contributed by atoms with Crippen LogP contribution in [0.3, 0.4) is 0 Å². The van der Waals surface area contributed by atoms with Gasteiger partial charge in [0.15, 0.2) is 11.7 Å². The third-order valence-electron chi connectivity index (χ3n) is 4.78. The van der Waals surface area contributed by atoms with Crippen LogP contribution in [0.5, 0.6) is 5.75 Å². The maximum absolute atomic E-state index is 13.0. The lowest BCUT2D eigenvalue weighted by Gasteiger charge is -2.09. The second kappa shape index (κ2) is 8.42. The first-order chi connectivity index (χ1) is 15.0. The summed E-state index contributed by atoms with van der Waals surface area (Å²) in [7, 11) is 1.52. The number of para-hydroxylation sites is 1. The van der Waals surface area contributed by atoms with Gasteiger partial charge in [-0.1, -0.05) is 24.3 Å². The summed E-state index contributed by atoms with van der Waals surface area (Å²) in [5, 5.41) is 17.5. The molecule has 0 spiro atoms. The summed E-state index contributed by atoms with van der Waals surface area (Å²) in [6, 6.07) is 19.8. The molecule has 0 bridgehead atoms. The summed E-state index contributed by atoms with van der Waals surface area (Å²) in [5.74, 6) is -2.13. The Morgan fingerprint density at radius 3 is 2.65 bits per heavy atom. The summed E-state index contributed by atoms with van der Waals surface area (Å²) < 4.78 is 6.90. The van der Waals surface area contributed by atoms with Crippen molar-refractivity contribution in [1.29, 1.82) is 5.26 Å². The Bertz CT molecular complexity index is 1320. The number of nitriles is 1. The molecular formula is C23H18N4O3S. The van der Waals surface area contributed by atoms with Crippen molar-refractivity contribution in [2.45, 2.75) is 6.92 Å². The molecule has 0 radical (unpaired) electrons. The van der Waals surface area contributed by atoms with Gasteiger partial charge in [0.1, 0.15) is 10.6 Å². The van der Waals surface area contributed by atoms with Crippen molar-refractivity contribution in [3.05, 3.63) is 71.2 Å². The molecule has 0 aliphatic rings. The van der Waals surface area contributed by atoms with Crippen LogP contribution < -0.4 is 10.1 Å². The molecule has 1 unspecified atom stereocenters. The molecule has 0 saturated carbocycles. The van der Waals surface area contributed by atoms with Crippen molar-refractivity contribution in [3.63, 3.8) is 0 Å². The van der Waals surface area contributed by atoms with Crippen LogP contribution in [-0.4, -0.2) is 28.6 Å². The van der Waals surface area contributed by atoms with Gasteiger partial charge in [-0.15, -0.1) is 11.3 Å². The smallest absolute Gasteiger partial charge is 0.249 e. The fourth-order valence-electron chi connectivity index (χ4n) is 3.21. The molecule has 0 fully saturated rings. The highest BCUT2D eigenvalue weighted by molar-refractivity contribution is 7.20. The molecule has 31 heavy (non-hydrogen) atoms. The Labute approximate surface area is 182 Å². The van der Waals surface area contributed by atoms with Crippen molar-refractivity contribution in [1.82, 2.24) is 9.78 Å². The summed E-state index contributed by atoms with van der Waals surface area (Å²) in [6.07, 6.45) is 0. The minimum Gasteiger partial charge on any atom is -0.497 e. The molecule has 4 aromatic rings. The minimum atomic E-state index is -1.47. The Hall–Kier alpha value is -3.96. The number of Topliss-reactive ketones (excluding diaryl/α,β-unsaturated/α-hetero) is 1. The molecule has 2 aromatic heterocycles. The normalized spacial score (nSPS) is 11.6. The zero-order valence-electron chi connectivity index (χ0n) is 16.8. The van der Waals surface area contributed by atoms with E-state index in [0.29, 0.717) is 16.3 Å². The number of benzene rings is 2. The molecule has 1 amide bonds. The van der Waals surface area contributed by atoms with Crippen LogP contribution in [0.15, 0.2) is 60.7 Å². The van der Waals surface area contributed by atoms with E-state index in [1.165, 1.54) is 18.4 Å². The van der Waals surface area contributed by atoms with Crippen molar-refractivity contribution in [3.8, 4) is 17.5 Å². The Balaban J connectivity index is 1.63. The van der Waals surface area contributed by atoms with Gasteiger partial charge in [-0.3, -0.25) is 9.59 Å². The van der Waals surface area contributed by atoms with Crippen molar-refractivity contribution < 1.29 is 14.3 Å². The molecule has 0 aliphatic heterocycles. The molecule has 2 aromatic carbocycles. The van der Waals surface area contributed by atoms with Crippen molar-refractivity contribution in [2.24, 2.45) is 5.92 Å². The van der Waals surface area contributed by atoms with Gasteiger partial charge >= 0.3 is 0 Å². The number of nitrogens with zero attached hydrogens (tertiary/aromatic N) is 3. The number of carbonyl (C=O) groups excluding carboxylic acids is 2. The first-order valence-corrected chi connectivity index (χ1v) is 10.3. The maximum atomic E-state index is 13.0. The largest absolute Gasteiger partial charge is 0.497 e. The van der Waals surface area contributed by atoms with E-state index in [-0.39, 0.29) is 0 Å². The SMILES string of the molecule is COc1cccc(NC(=O)C(C#N)C(=O)c2cc3c(C)nn(-c4ccccc4)c3s2)c1. The number of methoxy groups -OCH3 is 1. The molecule has 154 valence electrons. The monoisotopic (exact) mass is 430 g/mol. The number of ether oxygens (including phenoxy) is 1. The van der Waals surface area contributed by atoms with Crippen LogP contribution in [0.1, 0.15) is 15.4 Å². The van der Waals surface area contributed by atoms with Gasteiger partial charge in [0.25, 0.3) is 0 Å². The first kappa shape index (κ1) is 20.3. The lowest BCUT2D eigenvalue weighted by molar-refractivity contribution is -0.117. The third-order valence-corrected chi connectivity index (χ3v) is 5.90. The molecule has 4 rings (SSSR count). The molecule has 7 nitrogen and oxygen atoms in total. The van der Waals surface area contributed by atoms with Gasteiger partial charge in [0, 0.05) is 17.1 Å². The molecule has 8 heteroatoms. The summed E-state index contributed by atoms with van der Waals surface area (Å²) >= 11 is 1.22. The van der Waals surface area contributed by atoms with Crippen molar-refractivity contribution >= 4 is 38.9 Å². The van der Waals surface area contributed by atoms with E-state index in [0.717, 1.165) is 21.6 Å². The molecular weight excluding hydrogens is 412 g/mol. The van der Waals surface area contributed by atoms with Gasteiger partial charge in [0.05, 0.1) is 29.4 Å². The van der Waals surface area contributed by atoms with E-state index in [1.807, 2.05) is 43.3 Å². The number of anilines is 1. The number of hydrogen-bond donors (Lipinski definition) is 1. The fourth-order valence-corrected chi connectivity index (χ4v) is 4.36. The quantitative estimate of drug-likeness (QED) is 0.362. The lowest BCUT2D eigenvalue weighted by atomic mass is 10.0. The van der Waals surface area contributed by atoms with Crippen LogP contribution in [0, 0.1) is 24.2 Å². The number of aryl methyl sites for hydroxylation is 1.